The maximum atomic E-state index is 7.50. The largest absolute Gasteiger partial charge is 0 e. The van der Waals surface area contributed by atoms with Crippen LogP contribution in [0.2, 0.25) is 0 Å². The Morgan fingerprint density at radius 1 is 0.786 bits per heavy atom. The van der Waals surface area contributed by atoms with Gasteiger partial charge in [0.15, 0.2) is 0 Å². The van der Waals surface area contributed by atoms with E-state index in [1.807, 2.05) is 0 Å². The summed E-state index contributed by atoms with van der Waals surface area (Å²) in [6.45, 7) is 14.9. The van der Waals surface area contributed by atoms with Crippen LogP contribution in [0.3, 0.4) is 0 Å². The van der Waals surface area contributed by atoms with Gasteiger partial charge in [0.05, 0.1) is 0 Å². The molecule has 0 unspecified atom stereocenters. The molecule has 0 bridgehead atoms. The molecule has 0 aliphatic carbocycles. The van der Waals surface area contributed by atoms with Crippen molar-refractivity contribution < 1.29 is 40.8 Å². The summed E-state index contributed by atoms with van der Waals surface area (Å²) in [5.74, 6) is 0. The zero-order valence-corrected chi connectivity index (χ0v) is 18.4. The van der Waals surface area contributed by atoms with Crippen molar-refractivity contribution in [1.82, 2.24) is 0 Å². The van der Waals surface area contributed by atoms with E-state index in [1.165, 1.54) is 14.6 Å². The quantitative estimate of drug-likeness (QED) is 0.373. The van der Waals surface area contributed by atoms with E-state index < -0.39 is 0 Å². The van der Waals surface area contributed by atoms with E-state index in [2.05, 4.69) is 87.5 Å². The van der Waals surface area contributed by atoms with Crippen molar-refractivity contribution in [3.63, 3.8) is 0 Å². The minimum Gasteiger partial charge on any atom is 0 e. The molecular formula is C20H19CrNO5Se. The van der Waals surface area contributed by atoms with Gasteiger partial charge in [-0.2, -0.15) is 0 Å². The Morgan fingerprint density at radius 3 is 1.57 bits per heavy atom. The first-order chi connectivity index (χ1) is 13.2. The molecule has 0 aromatic heterocycles. The first-order valence-corrected chi connectivity index (χ1v) is 9.33. The summed E-state index contributed by atoms with van der Waals surface area (Å²) in [5.41, 5.74) is 2.34. The molecule has 2 aromatic carbocycles. The van der Waals surface area contributed by atoms with Crippen molar-refractivity contribution in [3.8, 4) is 0 Å². The third-order valence-corrected chi connectivity index (χ3v) is 5.49. The van der Waals surface area contributed by atoms with E-state index >= 15 is 0 Å². The molecule has 8 heteroatoms. The Morgan fingerprint density at radius 2 is 1.18 bits per heavy atom. The predicted molar refractivity (Wildman–Crippen MR) is 98.7 cm³/mol. The number of benzene rings is 2. The van der Waals surface area contributed by atoms with Gasteiger partial charge >= 0.3 is 166 Å². The van der Waals surface area contributed by atoms with Gasteiger partial charge in [-0.05, 0) is 0 Å². The van der Waals surface area contributed by atoms with Crippen LogP contribution in [0, 0.1) is 20.0 Å². The summed E-state index contributed by atoms with van der Waals surface area (Å²) < 4.78 is 36.3. The van der Waals surface area contributed by atoms with E-state index in [0.29, 0.717) is 28.2 Å². The number of anilines is 1. The fourth-order valence-corrected chi connectivity index (χ4v) is 3.91. The van der Waals surface area contributed by atoms with Crippen molar-refractivity contribution in [3.05, 3.63) is 74.0 Å². The molecule has 0 saturated carbocycles. The van der Waals surface area contributed by atoms with Crippen LogP contribution in [0.5, 0.6) is 0 Å². The van der Waals surface area contributed by atoms with Crippen molar-refractivity contribution in [2.24, 2.45) is 0 Å². The molecule has 1 aliphatic rings. The van der Waals surface area contributed by atoms with Gasteiger partial charge in [-0.15, -0.1) is 0 Å². The monoisotopic (exact) mass is 485 g/mol. The summed E-state index contributed by atoms with van der Waals surface area (Å²) in [6.07, 6.45) is -0.175. The summed E-state index contributed by atoms with van der Waals surface area (Å²) in [6, 6.07) is 17.4. The Labute approximate surface area is 182 Å². The predicted octanol–water partition coefficient (Wildman–Crippen LogP) is 1.34. The van der Waals surface area contributed by atoms with Crippen LogP contribution in [-0.2, 0) is 40.8 Å². The molecule has 1 fully saturated rings. The second-order valence-electron chi connectivity index (χ2n) is 5.13. The van der Waals surface area contributed by atoms with E-state index in [1.54, 1.807) is 0 Å². The van der Waals surface area contributed by atoms with Gasteiger partial charge in [-0.1, -0.05) is 0 Å². The number of hydrogen-bond acceptors (Lipinski definition) is 3. The standard InChI is InChI=1S/C17H19NO2Se.3CO.Cr/c1-18(2)14-5-9-16(10-6-14)21-15-7-3-13(4-8-15)17-19-11-12-20-17;3*1-2;/h3-10,17H,11-12H2,1-2H3;;;;. The van der Waals surface area contributed by atoms with Gasteiger partial charge in [0.25, 0.3) is 0 Å². The molecule has 3 rings (SSSR count). The maximum absolute atomic E-state index is 7.50. The third-order valence-electron chi connectivity index (χ3n) is 3.36. The summed E-state index contributed by atoms with van der Waals surface area (Å²) in [4.78, 5) is 2.12. The number of ether oxygens (including phenoxy) is 2. The van der Waals surface area contributed by atoms with Crippen LogP contribution in [0.1, 0.15) is 11.9 Å². The molecule has 6 nitrogen and oxygen atoms in total. The van der Waals surface area contributed by atoms with E-state index in [4.69, 9.17) is 23.4 Å². The Hall–Kier alpha value is -1.57. The summed E-state index contributed by atoms with van der Waals surface area (Å²) in [7, 11) is 4.12. The minimum absolute atomic E-state index is 0. The topological polar surface area (TPSA) is 81.4 Å². The molecule has 0 atom stereocenters. The molecule has 2 aromatic rings. The van der Waals surface area contributed by atoms with Crippen LogP contribution < -0.4 is 13.8 Å². The van der Waals surface area contributed by atoms with Gasteiger partial charge in [-0.3, -0.25) is 0 Å². The van der Waals surface area contributed by atoms with Crippen LogP contribution >= 0.6 is 0 Å². The number of hydrogen-bond donors (Lipinski definition) is 0. The zero-order chi connectivity index (χ0) is 20.7. The Kier molecular flexibility index (Phi) is 17.9. The molecule has 0 radical (unpaired) electrons. The van der Waals surface area contributed by atoms with Gasteiger partial charge in [0, 0.05) is 17.4 Å². The average Bonchev–Trinajstić information content (AvgIpc) is 3.28. The van der Waals surface area contributed by atoms with Crippen LogP contribution in [0.25, 0.3) is 0 Å². The Bertz CT molecular complexity index is 694. The Balaban J connectivity index is 0. The third kappa shape index (κ3) is 9.57. The van der Waals surface area contributed by atoms with Gasteiger partial charge < -0.3 is 0 Å². The van der Waals surface area contributed by atoms with Crippen molar-refractivity contribution >= 4 is 29.6 Å². The van der Waals surface area contributed by atoms with E-state index in [0.717, 1.165) is 5.56 Å². The molecule has 28 heavy (non-hydrogen) atoms. The second kappa shape index (κ2) is 17.5. The van der Waals surface area contributed by atoms with Gasteiger partial charge in [0.1, 0.15) is 0 Å². The van der Waals surface area contributed by atoms with Gasteiger partial charge in [-0.25, -0.2) is 0 Å². The molecule has 0 amide bonds. The molecule has 1 saturated heterocycles. The molecule has 1 heterocycles. The first kappa shape index (κ1) is 28.6. The average molecular weight is 484 g/mol. The van der Waals surface area contributed by atoms with Crippen molar-refractivity contribution in [2.45, 2.75) is 6.29 Å². The molecule has 146 valence electrons. The smallest absolute Gasteiger partial charge is 0 e. The normalized spacial score (nSPS) is 11.7. The molecule has 0 spiro atoms. The van der Waals surface area contributed by atoms with E-state index in [9.17, 15) is 0 Å². The molecule has 1 aliphatic heterocycles. The van der Waals surface area contributed by atoms with Crippen molar-refractivity contribution in [1.29, 1.82) is 0 Å². The fourth-order valence-electron chi connectivity index (χ4n) is 2.19. The SMILES string of the molecule is CN(C)c1ccc([Se]c2ccc(C3OCCO3)cc2)cc1.[C-]#[O+].[C-]#[O+].[C-]#[O+].[Cr]. The number of nitrogens with zero attached hydrogens (tertiary/aromatic N) is 1. The number of rotatable bonds is 4. The second-order valence-corrected chi connectivity index (χ2v) is 7.54. The zero-order valence-electron chi connectivity index (χ0n) is 15.4. The molecule has 0 N–H and O–H groups in total. The summed E-state index contributed by atoms with van der Waals surface area (Å²) in [5, 5.41) is 0. The molecular weight excluding hydrogens is 465 g/mol. The van der Waals surface area contributed by atoms with Crippen molar-refractivity contribution in [2.75, 3.05) is 32.2 Å². The maximum Gasteiger partial charge on any atom is 0 e. The van der Waals surface area contributed by atoms with Crippen LogP contribution in [-0.4, -0.2) is 42.3 Å². The summed E-state index contributed by atoms with van der Waals surface area (Å²) >= 11 is 0.334. The van der Waals surface area contributed by atoms with E-state index in [-0.39, 0.29) is 23.7 Å². The minimum atomic E-state index is -0.175. The first-order valence-electron chi connectivity index (χ1n) is 7.62. The van der Waals surface area contributed by atoms with Crippen LogP contribution in [0.4, 0.5) is 5.69 Å². The fraction of sp³-hybridized carbons (Fsp3) is 0.250. The van der Waals surface area contributed by atoms with Crippen LogP contribution in [0.15, 0.2) is 48.5 Å². The van der Waals surface area contributed by atoms with Gasteiger partial charge in [0.2, 0.25) is 0 Å².